The van der Waals surface area contributed by atoms with Crippen LogP contribution < -0.4 is 4.74 Å². The van der Waals surface area contributed by atoms with E-state index in [1.807, 2.05) is 0 Å². The summed E-state index contributed by atoms with van der Waals surface area (Å²) < 4.78 is 9.84. The van der Waals surface area contributed by atoms with Gasteiger partial charge in [-0.1, -0.05) is 6.92 Å². The van der Waals surface area contributed by atoms with Crippen molar-refractivity contribution in [2.24, 2.45) is 5.92 Å². The summed E-state index contributed by atoms with van der Waals surface area (Å²) >= 11 is 0. The van der Waals surface area contributed by atoms with E-state index in [0.717, 1.165) is 24.3 Å². The van der Waals surface area contributed by atoms with Crippen LogP contribution in [0.5, 0.6) is 5.75 Å². The number of esters is 2. The summed E-state index contributed by atoms with van der Waals surface area (Å²) in [6.07, 6.45) is 0.0716. The summed E-state index contributed by atoms with van der Waals surface area (Å²) in [5.74, 6) is -4.12. The topological polar surface area (TPSA) is 156 Å². The molecule has 2 rings (SSSR count). The number of hydrogen-bond donors (Lipinski definition) is 0. The maximum absolute atomic E-state index is 12.6. The van der Waals surface area contributed by atoms with Crippen molar-refractivity contribution in [3.05, 3.63) is 73.8 Å². The molecule has 0 aliphatic heterocycles. The lowest BCUT2D eigenvalue weighted by molar-refractivity contribution is -0.385. The van der Waals surface area contributed by atoms with Gasteiger partial charge in [0.05, 0.1) is 16.5 Å². The molecule has 0 aliphatic rings. The predicted molar refractivity (Wildman–Crippen MR) is 106 cm³/mol. The SMILES string of the molecule is CCOC(=O)C(CC)C(=O)Oc1ccc(C(=O)c2ccc([N+](=O)[O-])cc2)cc1[N+](=O)[O-]. The number of ether oxygens (including phenoxy) is 2. The maximum Gasteiger partial charge on any atom is 0.325 e. The Hall–Kier alpha value is -4.15. The quantitative estimate of drug-likeness (QED) is 0.145. The van der Waals surface area contributed by atoms with Crippen LogP contribution in [0.2, 0.25) is 0 Å². The van der Waals surface area contributed by atoms with Crippen LogP contribution in [-0.4, -0.2) is 34.2 Å². The van der Waals surface area contributed by atoms with E-state index >= 15 is 0 Å². The lowest BCUT2D eigenvalue weighted by atomic mass is 10.0. The van der Waals surface area contributed by atoms with E-state index in [1.165, 1.54) is 18.2 Å². The molecule has 0 aromatic heterocycles. The van der Waals surface area contributed by atoms with Crippen LogP contribution in [0, 0.1) is 26.1 Å². The second kappa shape index (κ2) is 10.1. The van der Waals surface area contributed by atoms with Crippen molar-refractivity contribution >= 4 is 29.1 Å². The fourth-order valence-corrected chi connectivity index (χ4v) is 2.64. The molecule has 0 spiro atoms. The van der Waals surface area contributed by atoms with Gasteiger partial charge in [0.2, 0.25) is 5.75 Å². The fraction of sp³-hybridized carbons (Fsp3) is 0.250. The van der Waals surface area contributed by atoms with Gasteiger partial charge >= 0.3 is 17.6 Å². The molecule has 0 N–H and O–H groups in total. The van der Waals surface area contributed by atoms with Crippen molar-refractivity contribution in [2.75, 3.05) is 6.61 Å². The number of rotatable bonds is 9. The van der Waals surface area contributed by atoms with Crippen molar-refractivity contribution in [3.63, 3.8) is 0 Å². The molecule has 31 heavy (non-hydrogen) atoms. The summed E-state index contributed by atoms with van der Waals surface area (Å²) in [6, 6.07) is 7.95. The highest BCUT2D eigenvalue weighted by molar-refractivity contribution is 6.09. The highest BCUT2D eigenvalue weighted by Crippen LogP contribution is 2.30. The molecule has 0 saturated carbocycles. The molecule has 0 bridgehead atoms. The second-order valence-corrected chi connectivity index (χ2v) is 6.21. The monoisotopic (exact) mass is 430 g/mol. The van der Waals surface area contributed by atoms with Crippen molar-refractivity contribution in [1.82, 2.24) is 0 Å². The van der Waals surface area contributed by atoms with Crippen LogP contribution in [0.15, 0.2) is 42.5 Å². The zero-order valence-corrected chi connectivity index (χ0v) is 16.6. The molecule has 0 radical (unpaired) electrons. The minimum Gasteiger partial charge on any atom is -0.465 e. The second-order valence-electron chi connectivity index (χ2n) is 6.21. The van der Waals surface area contributed by atoms with Gasteiger partial charge in [-0.15, -0.1) is 0 Å². The molecule has 1 unspecified atom stereocenters. The van der Waals surface area contributed by atoms with Gasteiger partial charge in [0, 0.05) is 29.3 Å². The number of nitrogens with zero attached hydrogens (tertiary/aromatic N) is 2. The number of carbonyl (C=O) groups excluding carboxylic acids is 3. The van der Waals surface area contributed by atoms with Gasteiger partial charge in [-0.25, -0.2) is 0 Å². The molecule has 11 heteroatoms. The van der Waals surface area contributed by atoms with Gasteiger partial charge in [-0.05, 0) is 37.6 Å². The molecule has 0 saturated heterocycles. The third kappa shape index (κ3) is 5.47. The zero-order chi connectivity index (χ0) is 23.1. The van der Waals surface area contributed by atoms with Crippen LogP contribution in [0.1, 0.15) is 36.2 Å². The molecular weight excluding hydrogens is 412 g/mol. The number of hydrogen-bond acceptors (Lipinski definition) is 9. The molecule has 0 heterocycles. The Morgan fingerprint density at radius 1 is 0.903 bits per heavy atom. The molecular formula is C20H18N2O9. The van der Waals surface area contributed by atoms with E-state index in [1.54, 1.807) is 13.8 Å². The van der Waals surface area contributed by atoms with Gasteiger partial charge in [0.25, 0.3) is 5.69 Å². The van der Waals surface area contributed by atoms with Gasteiger partial charge in [0.15, 0.2) is 11.7 Å². The summed E-state index contributed by atoms with van der Waals surface area (Å²) in [5.41, 5.74) is -0.868. The van der Waals surface area contributed by atoms with Gasteiger partial charge in [0.1, 0.15) is 0 Å². The average molecular weight is 430 g/mol. The molecule has 0 amide bonds. The highest BCUT2D eigenvalue weighted by atomic mass is 16.6. The predicted octanol–water partition coefficient (Wildman–Crippen LogP) is 3.23. The third-order valence-electron chi connectivity index (χ3n) is 4.23. The van der Waals surface area contributed by atoms with Crippen molar-refractivity contribution in [2.45, 2.75) is 20.3 Å². The number of nitro benzene ring substituents is 2. The summed E-state index contributed by atoms with van der Waals surface area (Å²) in [6.45, 7) is 3.19. The zero-order valence-electron chi connectivity index (χ0n) is 16.6. The van der Waals surface area contributed by atoms with Crippen molar-refractivity contribution < 1.29 is 33.7 Å². The lowest BCUT2D eigenvalue weighted by Gasteiger charge is -2.13. The van der Waals surface area contributed by atoms with Gasteiger partial charge < -0.3 is 9.47 Å². The van der Waals surface area contributed by atoms with E-state index in [4.69, 9.17) is 9.47 Å². The molecule has 0 aliphatic carbocycles. The number of benzene rings is 2. The van der Waals surface area contributed by atoms with E-state index in [2.05, 4.69) is 0 Å². The highest BCUT2D eigenvalue weighted by Gasteiger charge is 2.30. The molecule has 0 fully saturated rings. The standard InChI is InChI=1S/C20H18N2O9/c1-3-15(19(24)30-4-2)20(25)31-17-10-7-13(11-16(17)22(28)29)18(23)12-5-8-14(9-6-12)21(26)27/h5-11,15H,3-4H2,1-2H3. The minimum absolute atomic E-state index is 0.0578. The fourth-order valence-electron chi connectivity index (χ4n) is 2.64. The molecule has 2 aromatic carbocycles. The first-order valence-electron chi connectivity index (χ1n) is 9.15. The van der Waals surface area contributed by atoms with E-state index in [9.17, 15) is 34.6 Å². The summed E-state index contributed by atoms with van der Waals surface area (Å²) in [4.78, 5) is 57.4. The first kappa shape index (κ1) is 23.1. The lowest BCUT2D eigenvalue weighted by Crippen LogP contribution is -2.29. The smallest absolute Gasteiger partial charge is 0.325 e. The Morgan fingerprint density at radius 2 is 1.52 bits per heavy atom. The van der Waals surface area contributed by atoms with Gasteiger partial charge in [-0.2, -0.15) is 0 Å². The first-order chi connectivity index (χ1) is 14.7. The normalized spacial score (nSPS) is 11.3. The van der Waals surface area contributed by atoms with E-state index in [0.29, 0.717) is 0 Å². The van der Waals surface area contributed by atoms with Crippen LogP contribution in [0.25, 0.3) is 0 Å². The minimum atomic E-state index is -1.25. The number of carbonyl (C=O) groups is 3. The Labute approximate surface area is 175 Å². The van der Waals surface area contributed by atoms with Crippen LogP contribution in [-0.2, 0) is 14.3 Å². The van der Waals surface area contributed by atoms with Gasteiger partial charge in [-0.3, -0.25) is 34.6 Å². The molecule has 2 aromatic rings. The Kier molecular flexibility index (Phi) is 7.50. The molecule has 162 valence electrons. The Balaban J connectivity index is 2.31. The van der Waals surface area contributed by atoms with E-state index < -0.39 is 44.9 Å². The molecule has 1 atom stereocenters. The largest absolute Gasteiger partial charge is 0.465 e. The maximum atomic E-state index is 12.6. The Morgan fingerprint density at radius 3 is 2.03 bits per heavy atom. The van der Waals surface area contributed by atoms with Crippen LogP contribution >= 0.6 is 0 Å². The third-order valence-corrected chi connectivity index (χ3v) is 4.23. The number of nitro groups is 2. The Bertz CT molecular complexity index is 1030. The van der Waals surface area contributed by atoms with Crippen LogP contribution in [0.4, 0.5) is 11.4 Å². The van der Waals surface area contributed by atoms with Crippen LogP contribution in [0.3, 0.4) is 0 Å². The average Bonchev–Trinajstić information content (AvgIpc) is 2.74. The first-order valence-corrected chi connectivity index (χ1v) is 9.15. The summed E-state index contributed by atoms with van der Waals surface area (Å²) in [7, 11) is 0. The number of ketones is 1. The summed E-state index contributed by atoms with van der Waals surface area (Å²) in [5, 5.41) is 22.2. The van der Waals surface area contributed by atoms with Crippen molar-refractivity contribution in [3.8, 4) is 5.75 Å². The van der Waals surface area contributed by atoms with Crippen molar-refractivity contribution in [1.29, 1.82) is 0 Å². The number of non-ortho nitro benzene ring substituents is 1. The molecule has 11 nitrogen and oxygen atoms in total. The van der Waals surface area contributed by atoms with E-state index in [-0.39, 0.29) is 29.8 Å².